The van der Waals surface area contributed by atoms with E-state index in [2.05, 4.69) is 5.32 Å². The summed E-state index contributed by atoms with van der Waals surface area (Å²) in [7, 11) is 0. The van der Waals surface area contributed by atoms with E-state index in [1.807, 2.05) is 13.8 Å². The molecule has 0 atom stereocenters. The van der Waals surface area contributed by atoms with Crippen LogP contribution < -0.4 is 11.1 Å². The monoisotopic (exact) mass is 267 g/mol. The highest BCUT2D eigenvalue weighted by atomic mass is 35.5. The number of rotatable bonds is 4. The van der Waals surface area contributed by atoms with Gasteiger partial charge in [-0.1, -0.05) is 37.0 Å². The lowest BCUT2D eigenvalue weighted by Gasteiger charge is -2.05. The zero-order valence-electron chi connectivity index (χ0n) is 8.75. The fraction of sp³-hybridized carbons (Fsp3) is 0.556. The maximum Gasteiger partial charge on any atom is 0.519 e. The number of nitrogens with one attached hydrogen (secondary N) is 1. The molecule has 0 bridgehead atoms. The standard InChI is InChI=1S/C9H11Cl2NO4/c1-4(2)6-5(15-9(14)16-6)3-12-8(13)7(10)11/h4,7H,3H2,1-2H3,(H,12,13). The maximum absolute atomic E-state index is 11.1. The van der Waals surface area contributed by atoms with Gasteiger partial charge in [0.2, 0.25) is 0 Å². The van der Waals surface area contributed by atoms with Gasteiger partial charge in [-0.15, -0.1) is 0 Å². The van der Waals surface area contributed by atoms with E-state index in [0.717, 1.165) is 0 Å². The highest BCUT2D eigenvalue weighted by Crippen LogP contribution is 2.18. The number of halogens is 2. The largest absolute Gasteiger partial charge is 0.519 e. The van der Waals surface area contributed by atoms with Crippen molar-refractivity contribution >= 4 is 29.1 Å². The van der Waals surface area contributed by atoms with Crippen molar-refractivity contribution in [3.63, 3.8) is 0 Å². The Morgan fingerprint density at radius 3 is 2.50 bits per heavy atom. The minimum Gasteiger partial charge on any atom is -0.395 e. The van der Waals surface area contributed by atoms with Crippen LogP contribution in [0, 0.1) is 0 Å². The molecule has 0 aliphatic carbocycles. The molecule has 1 amide bonds. The molecule has 1 aromatic heterocycles. The second-order valence-corrected chi connectivity index (χ2v) is 4.51. The Balaban J connectivity index is 2.74. The van der Waals surface area contributed by atoms with Gasteiger partial charge in [0.25, 0.3) is 5.91 Å². The molecule has 1 rings (SSSR count). The van der Waals surface area contributed by atoms with Crippen LogP contribution in [0.15, 0.2) is 13.6 Å². The van der Waals surface area contributed by atoms with Gasteiger partial charge in [0.15, 0.2) is 16.4 Å². The zero-order valence-corrected chi connectivity index (χ0v) is 10.3. The van der Waals surface area contributed by atoms with Crippen LogP contribution in [0.1, 0.15) is 31.3 Å². The molecule has 1 aromatic rings. The molecule has 0 saturated heterocycles. The normalized spacial score (nSPS) is 11.1. The first-order valence-corrected chi connectivity index (χ1v) is 5.47. The van der Waals surface area contributed by atoms with Crippen LogP contribution in [0.5, 0.6) is 0 Å². The molecule has 0 aliphatic rings. The minimum atomic E-state index is -1.15. The quantitative estimate of drug-likeness (QED) is 0.845. The van der Waals surface area contributed by atoms with Crippen LogP contribution in [0.3, 0.4) is 0 Å². The molecule has 1 N–H and O–H groups in total. The summed E-state index contributed by atoms with van der Waals surface area (Å²) < 4.78 is 9.61. The van der Waals surface area contributed by atoms with E-state index < -0.39 is 16.6 Å². The van der Waals surface area contributed by atoms with Crippen molar-refractivity contribution in [2.45, 2.75) is 31.1 Å². The molecule has 1 heterocycles. The summed E-state index contributed by atoms with van der Waals surface area (Å²) in [5, 5.41) is 2.41. The van der Waals surface area contributed by atoms with Crippen molar-refractivity contribution in [3.05, 3.63) is 22.1 Å². The highest BCUT2D eigenvalue weighted by Gasteiger charge is 2.18. The van der Waals surface area contributed by atoms with Crippen LogP contribution in [-0.4, -0.2) is 10.7 Å². The molecular weight excluding hydrogens is 257 g/mol. The molecule has 0 saturated carbocycles. The van der Waals surface area contributed by atoms with E-state index in [4.69, 9.17) is 32.0 Å². The third kappa shape index (κ3) is 3.28. The first kappa shape index (κ1) is 13.1. The second kappa shape index (κ2) is 5.41. The molecule has 0 aliphatic heterocycles. The molecule has 0 aromatic carbocycles. The molecule has 5 nitrogen and oxygen atoms in total. The first-order valence-electron chi connectivity index (χ1n) is 4.60. The lowest BCUT2D eigenvalue weighted by molar-refractivity contribution is -0.119. The van der Waals surface area contributed by atoms with Crippen molar-refractivity contribution < 1.29 is 13.6 Å². The summed E-state index contributed by atoms with van der Waals surface area (Å²) in [4.78, 5) is 20.8. The Hall–Kier alpha value is -0.940. The van der Waals surface area contributed by atoms with Crippen LogP contribution in [0.25, 0.3) is 0 Å². The van der Waals surface area contributed by atoms with Gasteiger partial charge in [0, 0.05) is 5.92 Å². The molecule has 16 heavy (non-hydrogen) atoms. The van der Waals surface area contributed by atoms with Crippen molar-refractivity contribution in [1.29, 1.82) is 0 Å². The van der Waals surface area contributed by atoms with E-state index in [-0.39, 0.29) is 18.2 Å². The number of amides is 1. The third-order valence-electron chi connectivity index (χ3n) is 1.82. The fourth-order valence-electron chi connectivity index (χ4n) is 1.13. The Bertz CT molecular complexity index is 421. The van der Waals surface area contributed by atoms with Gasteiger partial charge in [0.1, 0.15) is 0 Å². The molecule has 0 radical (unpaired) electrons. The smallest absolute Gasteiger partial charge is 0.395 e. The predicted octanol–water partition coefficient (Wildman–Crippen LogP) is 1.78. The average Bonchev–Trinajstić information content (AvgIpc) is 2.56. The van der Waals surface area contributed by atoms with E-state index in [0.29, 0.717) is 5.76 Å². The average molecular weight is 268 g/mol. The summed E-state index contributed by atoms with van der Waals surface area (Å²) >= 11 is 10.7. The van der Waals surface area contributed by atoms with Crippen LogP contribution in [0.4, 0.5) is 0 Å². The summed E-state index contributed by atoms with van der Waals surface area (Å²) in [5.74, 6) is -0.669. The number of carbonyl (C=O) groups is 1. The summed E-state index contributed by atoms with van der Waals surface area (Å²) in [6.07, 6.45) is 0. The van der Waals surface area contributed by atoms with Crippen LogP contribution in [-0.2, 0) is 11.3 Å². The van der Waals surface area contributed by atoms with Crippen LogP contribution in [0.2, 0.25) is 0 Å². The SMILES string of the molecule is CC(C)c1oc(=O)oc1CNC(=O)C(Cl)Cl. The molecule has 0 unspecified atom stereocenters. The first-order chi connectivity index (χ1) is 7.41. The fourth-order valence-corrected chi connectivity index (χ4v) is 1.28. The number of hydrogen-bond donors (Lipinski definition) is 1. The molecule has 0 spiro atoms. The number of hydrogen-bond acceptors (Lipinski definition) is 4. The topological polar surface area (TPSA) is 72.5 Å². The molecule has 0 fully saturated rings. The second-order valence-electron chi connectivity index (χ2n) is 3.41. The van der Waals surface area contributed by atoms with Crippen molar-refractivity contribution in [1.82, 2.24) is 5.32 Å². The Morgan fingerprint density at radius 1 is 1.38 bits per heavy atom. The minimum absolute atomic E-state index is 0.0128. The Morgan fingerprint density at radius 2 is 2.00 bits per heavy atom. The maximum atomic E-state index is 11.1. The Kier molecular flexibility index (Phi) is 4.44. The molecule has 7 heteroatoms. The van der Waals surface area contributed by atoms with Gasteiger partial charge in [-0.25, -0.2) is 4.79 Å². The summed E-state index contributed by atoms with van der Waals surface area (Å²) in [6.45, 7) is 3.70. The van der Waals surface area contributed by atoms with E-state index >= 15 is 0 Å². The third-order valence-corrected chi connectivity index (χ3v) is 2.22. The zero-order chi connectivity index (χ0) is 12.3. The van der Waals surface area contributed by atoms with Gasteiger partial charge in [-0.3, -0.25) is 4.79 Å². The van der Waals surface area contributed by atoms with E-state index in [9.17, 15) is 9.59 Å². The van der Waals surface area contributed by atoms with E-state index in [1.54, 1.807) is 0 Å². The van der Waals surface area contributed by atoms with Crippen molar-refractivity contribution in [2.24, 2.45) is 0 Å². The number of alkyl halides is 2. The summed E-state index contributed by atoms with van der Waals surface area (Å²) in [6, 6.07) is 0. The van der Waals surface area contributed by atoms with E-state index in [1.165, 1.54) is 0 Å². The van der Waals surface area contributed by atoms with Gasteiger partial charge >= 0.3 is 5.82 Å². The van der Waals surface area contributed by atoms with Crippen molar-refractivity contribution in [3.8, 4) is 0 Å². The highest BCUT2D eigenvalue weighted by molar-refractivity contribution is 6.53. The van der Waals surface area contributed by atoms with Gasteiger partial charge in [-0.2, -0.15) is 0 Å². The van der Waals surface area contributed by atoms with Crippen molar-refractivity contribution in [2.75, 3.05) is 0 Å². The molecule has 90 valence electrons. The predicted molar refractivity (Wildman–Crippen MR) is 58.7 cm³/mol. The lowest BCUT2D eigenvalue weighted by atomic mass is 10.1. The van der Waals surface area contributed by atoms with Gasteiger partial charge in [0.05, 0.1) is 6.54 Å². The number of carbonyl (C=O) groups excluding carboxylic acids is 1. The molecular formula is C9H11Cl2NO4. The Labute approximate surface area is 102 Å². The van der Waals surface area contributed by atoms with Gasteiger partial charge < -0.3 is 14.2 Å². The van der Waals surface area contributed by atoms with Gasteiger partial charge in [-0.05, 0) is 0 Å². The summed E-state index contributed by atoms with van der Waals surface area (Å²) in [5.41, 5.74) is 0. The van der Waals surface area contributed by atoms with Crippen LogP contribution >= 0.6 is 23.2 Å². The lowest BCUT2D eigenvalue weighted by Crippen LogP contribution is -2.28.